The van der Waals surface area contributed by atoms with E-state index >= 15 is 0 Å². The Kier molecular flexibility index (Phi) is 12.8. The summed E-state index contributed by atoms with van der Waals surface area (Å²) < 4.78 is 35.7. The third-order valence-corrected chi connectivity index (χ3v) is 23.8. The first-order chi connectivity index (χ1) is 56.1. The lowest BCUT2D eigenvalue weighted by molar-refractivity contribution is 0.672. The minimum Gasteiger partial charge on any atom is -0.455 e. The zero-order valence-corrected chi connectivity index (χ0v) is 60.9. The van der Waals surface area contributed by atoms with E-state index in [0.29, 0.717) is 45.0 Å². The smallest absolute Gasteiger partial charge is 0.145 e. The van der Waals surface area contributed by atoms with Gasteiger partial charge in [-0.15, -0.1) is 0 Å². The van der Waals surface area contributed by atoms with Crippen molar-refractivity contribution in [2.75, 3.05) is 0 Å². The number of fused-ring (bicyclic) bond motifs is 28. The van der Waals surface area contributed by atoms with Gasteiger partial charge in [-0.2, -0.15) is 21.0 Å². The average molecular weight is 1460 g/mol. The molecule has 0 unspecified atom stereocenters. The fourth-order valence-electron chi connectivity index (χ4n) is 18.7. The molecular formula is C102H54N8O4. The number of para-hydroxylation sites is 3. The highest BCUT2D eigenvalue weighted by molar-refractivity contribution is 6.29. The Morgan fingerprint density at radius 3 is 0.825 bits per heavy atom. The summed E-state index contributed by atoms with van der Waals surface area (Å²) in [7, 11) is 0. The van der Waals surface area contributed by atoms with Crippen molar-refractivity contribution in [3.05, 3.63) is 325 Å². The molecule has 0 saturated carbocycles. The maximum atomic E-state index is 11.5. The highest BCUT2D eigenvalue weighted by atomic mass is 16.3. The summed E-state index contributed by atoms with van der Waals surface area (Å²) in [6.45, 7) is 4.16. The maximum absolute atomic E-state index is 11.5. The van der Waals surface area contributed by atoms with E-state index in [4.69, 9.17) is 17.7 Å². The predicted octanol–water partition coefficient (Wildman–Crippen LogP) is 26.8. The van der Waals surface area contributed by atoms with Crippen LogP contribution in [0.5, 0.6) is 0 Å². The van der Waals surface area contributed by atoms with E-state index in [1.807, 2.05) is 97.1 Å². The van der Waals surface area contributed by atoms with Crippen LogP contribution in [0, 0.1) is 59.2 Å². The molecule has 0 N–H and O–H groups in total. The van der Waals surface area contributed by atoms with Crippen LogP contribution in [0.3, 0.4) is 0 Å². The summed E-state index contributed by atoms with van der Waals surface area (Å²) in [4.78, 5) is 0. The van der Waals surface area contributed by atoms with Crippen molar-refractivity contribution in [3.63, 3.8) is 0 Å². The number of hydrogen-bond acceptors (Lipinski definition) is 8. The molecule has 0 aliphatic rings. The molecule has 0 saturated heterocycles. The van der Waals surface area contributed by atoms with Crippen LogP contribution in [0.2, 0.25) is 0 Å². The minimum atomic E-state index is 0.382. The number of hydrogen-bond donors (Lipinski definition) is 0. The standard InChI is InChI=1S/C102H54N8O4/c1-55-20-33-79-75(42-55)95-83(37-29-70-67-14-6-9-17-91(67)111-99(70)95)107(79)87-47-64(52-104)88(48-63(87)51-103)108-80-34-21-56(2)43-76(80)96-84(108)40-32-73-74-44-62(28-41-94(74)114-102(73)96)59-24-22-58(23-25-59)61-27-36-82-78(46-61)98-86(39-31-72-69-16-8-11-19-93(69)113-101(72)98)110(82)90-50-65(53-105)89(49-66(90)54-106)109-81-35-26-60(57-12-4-3-5-13-57)45-77(81)97-85(109)38-30-71-68-15-7-10-18-92(68)112-100(71)97/h3-50H,1-2H3. The van der Waals surface area contributed by atoms with Crippen molar-refractivity contribution in [1.82, 2.24) is 18.3 Å². The fourth-order valence-corrected chi connectivity index (χ4v) is 18.7. The van der Waals surface area contributed by atoms with E-state index in [9.17, 15) is 21.0 Å². The fraction of sp³-hybridized carbons (Fsp3) is 0.0196. The Morgan fingerprint density at radius 2 is 0.474 bits per heavy atom. The van der Waals surface area contributed by atoms with Crippen LogP contribution in [0.1, 0.15) is 33.4 Å². The van der Waals surface area contributed by atoms with E-state index in [2.05, 4.69) is 251 Å². The Balaban J connectivity index is 0.616. The van der Waals surface area contributed by atoms with Crippen LogP contribution in [-0.4, -0.2) is 18.3 Å². The van der Waals surface area contributed by atoms with Crippen molar-refractivity contribution < 1.29 is 17.7 Å². The first-order valence-electron chi connectivity index (χ1n) is 37.8. The second-order valence-corrected chi connectivity index (χ2v) is 30.0. The number of aryl methyl sites for hydroxylation is 2. The molecular weight excluding hydrogens is 1400 g/mol. The molecule has 0 fully saturated rings. The topological polar surface area (TPSA) is 167 Å². The summed E-state index contributed by atoms with van der Waals surface area (Å²) in [5, 5.41) is 61.1. The molecule has 16 aromatic carbocycles. The van der Waals surface area contributed by atoms with Gasteiger partial charge in [-0.1, -0.05) is 151 Å². The van der Waals surface area contributed by atoms with Crippen LogP contribution in [0.4, 0.5) is 0 Å². The molecule has 526 valence electrons. The van der Waals surface area contributed by atoms with E-state index in [1.165, 1.54) is 0 Å². The van der Waals surface area contributed by atoms with Gasteiger partial charge in [-0.3, -0.25) is 0 Å². The van der Waals surface area contributed by atoms with Gasteiger partial charge in [0.1, 0.15) is 68.9 Å². The van der Waals surface area contributed by atoms with Gasteiger partial charge in [0.15, 0.2) is 0 Å². The van der Waals surface area contributed by atoms with Crippen molar-refractivity contribution in [2.45, 2.75) is 13.8 Å². The summed E-state index contributed by atoms with van der Waals surface area (Å²) in [6, 6.07) is 110. The van der Waals surface area contributed by atoms with Crippen LogP contribution < -0.4 is 0 Å². The lowest BCUT2D eigenvalue weighted by Gasteiger charge is -2.16. The molecule has 0 bridgehead atoms. The van der Waals surface area contributed by atoms with Crippen LogP contribution >= 0.6 is 0 Å². The number of aromatic nitrogens is 4. The average Bonchev–Trinajstić information content (AvgIpc) is 1.56. The predicted molar refractivity (Wildman–Crippen MR) is 458 cm³/mol. The largest absolute Gasteiger partial charge is 0.455 e. The van der Waals surface area contributed by atoms with Crippen molar-refractivity contribution in [2.24, 2.45) is 0 Å². The van der Waals surface area contributed by atoms with Crippen LogP contribution in [0.25, 0.3) is 231 Å². The van der Waals surface area contributed by atoms with Crippen molar-refractivity contribution in [3.8, 4) is 80.4 Å². The van der Waals surface area contributed by atoms with Crippen LogP contribution in [0.15, 0.2) is 309 Å². The minimum absolute atomic E-state index is 0.382. The summed E-state index contributed by atoms with van der Waals surface area (Å²) in [5.74, 6) is 0. The zero-order chi connectivity index (χ0) is 75.6. The summed E-state index contributed by atoms with van der Waals surface area (Å²) in [5.41, 5.74) is 25.1. The lowest BCUT2D eigenvalue weighted by Crippen LogP contribution is -2.04. The second kappa shape index (κ2) is 23.2. The summed E-state index contributed by atoms with van der Waals surface area (Å²) in [6.07, 6.45) is 0. The molecule has 0 aliphatic carbocycles. The molecule has 12 heteroatoms. The van der Waals surface area contributed by atoms with Gasteiger partial charge in [0.05, 0.1) is 111 Å². The molecule has 24 aromatic rings. The zero-order valence-electron chi connectivity index (χ0n) is 60.9. The Morgan fingerprint density at radius 1 is 0.211 bits per heavy atom. The number of nitriles is 4. The number of rotatable bonds is 7. The van der Waals surface area contributed by atoms with Crippen molar-refractivity contribution in [1.29, 1.82) is 21.0 Å². The van der Waals surface area contributed by atoms with Gasteiger partial charge < -0.3 is 35.9 Å². The second-order valence-electron chi connectivity index (χ2n) is 30.0. The number of furan rings is 4. The van der Waals surface area contributed by atoms with Gasteiger partial charge in [-0.05, 0) is 199 Å². The Bertz CT molecular complexity index is 8690. The van der Waals surface area contributed by atoms with Crippen LogP contribution in [-0.2, 0) is 0 Å². The SMILES string of the molecule is Cc1ccc2c(c1)c1c3oc4ccccc4c3ccc1n2-c1cc(C#N)c(-n2c3ccc(C)cc3c3c4oc5ccc(-c6ccc(-c7ccc8c(c7)c7c9oc%10ccccc%10c9ccc7n8-c7cc(C#N)c(-n8c9ccc(-c%10ccccc%10)cc9c9c%10oc%11ccccc%11c%10ccc98)cc7C#N)cc6)cc5c4ccc32)cc1C#N. The molecule has 12 nitrogen and oxygen atoms in total. The Hall–Kier alpha value is -16.1. The third kappa shape index (κ3) is 8.65. The van der Waals surface area contributed by atoms with Gasteiger partial charge in [0.25, 0.3) is 0 Å². The number of nitrogens with zero attached hydrogens (tertiary/aromatic N) is 8. The van der Waals surface area contributed by atoms with E-state index in [-0.39, 0.29) is 0 Å². The lowest BCUT2D eigenvalue weighted by atomic mass is 9.98. The first-order valence-corrected chi connectivity index (χ1v) is 37.8. The Labute approximate surface area is 646 Å². The molecule has 8 heterocycles. The monoisotopic (exact) mass is 1450 g/mol. The molecule has 8 aromatic heterocycles. The highest BCUT2D eigenvalue weighted by Crippen LogP contribution is 2.50. The normalized spacial score (nSPS) is 12.1. The summed E-state index contributed by atoms with van der Waals surface area (Å²) >= 11 is 0. The van der Waals surface area contributed by atoms with Crippen molar-refractivity contribution >= 4 is 175 Å². The van der Waals surface area contributed by atoms with E-state index < -0.39 is 0 Å². The van der Waals surface area contributed by atoms with Gasteiger partial charge in [-0.25, -0.2) is 0 Å². The number of benzene rings is 16. The molecule has 0 amide bonds. The first kappa shape index (κ1) is 62.9. The molecule has 24 rings (SSSR count). The van der Waals surface area contributed by atoms with Gasteiger partial charge >= 0.3 is 0 Å². The molecule has 114 heavy (non-hydrogen) atoms. The highest BCUT2D eigenvalue weighted by Gasteiger charge is 2.29. The molecule has 0 spiro atoms. The third-order valence-electron chi connectivity index (χ3n) is 23.8. The quantitative estimate of drug-likeness (QED) is 0.152. The molecule has 0 aliphatic heterocycles. The molecule has 0 radical (unpaired) electrons. The molecule has 0 atom stereocenters. The maximum Gasteiger partial charge on any atom is 0.145 e. The van der Waals surface area contributed by atoms with Gasteiger partial charge in [0, 0.05) is 64.6 Å². The van der Waals surface area contributed by atoms with E-state index in [0.717, 1.165) is 219 Å². The van der Waals surface area contributed by atoms with Gasteiger partial charge in [0.2, 0.25) is 0 Å². The van der Waals surface area contributed by atoms with E-state index in [1.54, 1.807) is 0 Å².